The van der Waals surface area contributed by atoms with Gasteiger partial charge in [0.25, 0.3) is 0 Å². The van der Waals surface area contributed by atoms with Crippen molar-refractivity contribution in [3.8, 4) is 0 Å². The summed E-state index contributed by atoms with van der Waals surface area (Å²) in [5.74, 6) is 1.67. The first-order chi connectivity index (χ1) is 18.1. The van der Waals surface area contributed by atoms with Gasteiger partial charge < -0.3 is 14.5 Å². The lowest BCUT2D eigenvalue weighted by Gasteiger charge is -2.41. The molecule has 1 amide bonds. The molecule has 0 saturated carbocycles. The summed E-state index contributed by atoms with van der Waals surface area (Å²) in [4.78, 5) is 21.9. The Labute approximate surface area is 248 Å². The van der Waals surface area contributed by atoms with E-state index in [2.05, 4.69) is 55.0 Å². The predicted octanol–water partition coefficient (Wildman–Crippen LogP) is 7.85. The van der Waals surface area contributed by atoms with Crippen molar-refractivity contribution < 1.29 is 9.53 Å². The predicted molar refractivity (Wildman–Crippen MR) is 160 cm³/mol. The number of rotatable bonds is 3. The summed E-state index contributed by atoms with van der Waals surface area (Å²) in [6.45, 7) is 10.6. The maximum Gasteiger partial charge on any atom is 0.410 e. The fourth-order valence-corrected chi connectivity index (χ4v) is 7.42. The van der Waals surface area contributed by atoms with Crippen LogP contribution in [-0.4, -0.2) is 59.2 Å². The number of carbonyl (C=O) groups is 1. The number of pyridine rings is 1. The first kappa shape index (κ1) is 28.4. The van der Waals surface area contributed by atoms with Crippen LogP contribution in [0.4, 0.5) is 4.79 Å². The Morgan fingerprint density at radius 1 is 1.00 bits per heavy atom. The second-order valence-electron chi connectivity index (χ2n) is 12.2. The van der Waals surface area contributed by atoms with Crippen LogP contribution in [0.2, 0.25) is 5.02 Å². The van der Waals surface area contributed by atoms with Crippen molar-refractivity contribution in [2.45, 2.75) is 70.8 Å². The zero-order chi connectivity index (χ0) is 27.0. The molecule has 1 aromatic heterocycles. The summed E-state index contributed by atoms with van der Waals surface area (Å²) in [5, 5.41) is 0.779. The van der Waals surface area contributed by atoms with E-state index in [1.54, 1.807) is 0 Å². The van der Waals surface area contributed by atoms with Crippen LogP contribution < -0.4 is 0 Å². The molecule has 2 aromatic rings. The number of nitrogens with zero attached hydrogens (tertiary/aromatic N) is 3. The average Bonchev–Trinajstić information content (AvgIpc) is 3.00. The highest BCUT2D eigenvalue weighted by Crippen LogP contribution is 2.40. The van der Waals surface area contributed by atoms with E-state index in [9.17, 15) is 4.79 Å². The number of aryl methyl sites for hydroxylation is 2. The summed E-state index contributed by atoms with van der Waals surface area (Å²) < 4.78 is 7.58. The van der Waals surface area contributed by atoms with Gasteiger partial charge in [0.2, 0.25) is 0 Å². The minimum absolute atomic E-state index is 0.164. The summed E-state index contributed by atoms with van der Waals surface area (Å²) in [5.41, 5.74) is 4.79. The molecule has 206 valence electrons. The topological polar surface area (TPSA) is 45.7 Å². The van der Waals surface area contributed by atoms with Crippen molar-refractivity contribution >= 4 is 49.6 Å². The van der Waals surface area contributed by atoms with Crippen LogP contribution in [0.15, 0.2) is 33.3 Å². The minimum Gasteiger partial charge on any atom is -0.444 e. The van der Waals surface area contributed by atoms with Gasteiger partial charge in [0.05, 0.1) is 10.7 Å². The molecular formula is C30H38Br2ClN3O2. The molecule has 2 fully saturated rings. The van der Waals surface area contributed by atoms with Crippen LogP contribution in [0.25, 0.3) is 0 Å². The lowest BCUT2D eigenvalue weighted by Crippen LogP contribution is -2.44. The second-order valence-corrected chi connectivity index (χ2v) is 14.3. The Morgan fingerprint density at radius 2 is 1.63 bits per heavy atom. The summed E-state index contributed by atoms with van der Waals surface area (Å²) in [7, 11) is 0. The fraction of sp³-hybridized carbons (Fsp3) is 0.600. The smallest absolute Gasteiger partial charge is 0.410 e. The third kappa shape index (κ3) is 6.59. The Kier molecular flexibility index (Phi) is 8.78. The monoisotopic (exact) mass is 665 g/mol. The molecule has 1 aromatic carbocycles. The number of piperidine rings is 2. The first-order valence-electron chi connectivity index (χ1n) is 13.9. The molecule has 0 bridgehead atoms. The number of hydrogen-bond acceptors (Lipinski definition) is 4. The standard InChI is InChI=1S/C30H38Br2ClN3O2/c1-30(2,3)38-29(37)36-12-8-20(9-13-36)19-6-10-35(11-7-19)18-25-24-16-26(32)27(33)15-21(24)4-5-22-14-23(31)17-34-28(22)25/h14-17,19-20,25H,4-13,18H2,1-3H3. The number of halogens is 3. The van der Waals surface area contributed by atoms with Crippen molar-refractivity contribution in [1.29, 1.82) is 0 Å². The molecule has 3 heterocycles. The first-order valence-corrected chi connectivity index (χ1v) is 15.9. The van der Waals surface area contributed by atoms with Gasteiger partial charge in [-0.1, -0.05) is 11.6 Å². The number of hydrogen-bond donors (Lipinski definition) is 0. The zero-order valence-corrected chi connectivity index (χ0v) is 26.5. The summed E-state index contributed by atoms with van der Waals surface area (Å²) >= 11 is 13.8. The number of fused-ring (bicyclic) bond motifs is 2. The van der Waals surface area contributed by atoms with Crippen molar-refractivity contribution in [3.05, 3.63) is 60.7 Å². The largest absolute Gasteiger partial charge is 0.444 e. The molecular weight excluding hydrogens is 630 g/mol. The Balaban J connectivity index is 1.23. The SMILES string of the molecule is CC(C)(C)OC(=O)N1CCC(C2CCN(CC3c4cc(Br)c(Cl)cc4CCc4cc(Br)cnc43)CC2)CC1. The molecule has 1 unspecified atom stereocenters. The fourth-order valence-electron chi connectivity index (χ4n) is 6.50. The lowest BCUT2D eigenvalue weighted by atomic mass is 9.78. The summed E-state index contributed by atoms with van der Waals surface area (Å²) in [6.07, 6.45) is 8.35. The van der Waals surface area contributed by atoms with E-state index < -0.39 is 5.60 Å². The highest BCUT2D eigenvalue weighted by Gasteiger charge is 2.34. The van der Waals surface area contributed by atoms with Gasteiger partial charge >= 0.3 is 6.09 Å². The lowest BCUT2D eigenvalue weighted by molar-refractivity contribution is 0.0135. The van der Waals surface area contributed by atoms with E-state index >= 15 is 0 Å². The van der Waals surface area contributed by atoms with Crippen LogP contribution in [0.1, 0.15) is 74.8 Å². The van der Waals surface area contributed by atoms with E-state index in [1.807, 2.05) is 31.9 Å². The third-order valence-corrected chi connectivity index (χ3v) is 10.1. The van der Waals surface area contributed by atoms with Crippen molar-refractivity contribution in [2.24, 2.45) is 11.8 Å². The number of aromatic nitrogens is 1. The molecule has 1 aliphatic carbocycles. The number of ether oxygens (including phenoxy) is 1. The van der Waals surface area contributed by atoms with E-state index in [4.69, 9.17) is 21.3 Å². The van der Waals surface area contributed by atoms with Crippen molar-refractivity contribution in [3.63, 3.8) is 0 Å². The van der Waals surface area contributed by atoms with Gasteiger partial charge in [-0.05, 0) is 151 Å². The third-order valence-electron chi connectivity index (χ3n) is 8.45. The van der Waals surface area contributed by atoms with Crippen LogP contribution in [0.5, 0.6) is 0 Å². The second kappa shape index (κ2) is 11.8. The normalized spacial score (nSPS) is 21.5. The van der Waals surface area contributed by atoms with E-state index in [0.29, 0.717) is 5.92 Å². The molecule has 0 N–H and O–H groups in total. The van der Waals surface area contributed by atoms with E-state index in [0.717, 1.165) is 78.3 Å². The van der Waals surface area contributed by atoms with Gasteiger partial charge in [-0.15, -0.1) is 0 Å². The molecule has 38 heavy (non-hydrogen) atoms. The van der Waals surface area contributed by atoms with Crippen molar-refractivity contribution in [2.75, 3.05) is 32.7 Å². The zero-order valence-electron chi connectivity index (χ0n) is 22.6. The average molecular weight is 668 g/mol. The maximum absolute atomic E-state index is 12.5. The molecule has 2 aliphatic heterocycles. The van der Waals surface area contributed by atoms with Crippen molar-refractivity contribution in [1.82, 2.24) is 14.8 Å². The molecule has 5 rings (SSSR count). The van der Waals surface area contributed by atoms with Gasteiger partial charge in [-0.2, -0.15) is 0 Å². The number of likely N-dealkylation sites (tertiary alicyclic amines) is 2. The van der Waals surface area contributed by atoms with Crippen LogP contribution >= 0.6 is 43.5 Å². The molecule has 5 nitrogen and oxygen atoms in total. The molecule has 8 heteroatoms. The molecule has 3 aliphatic rings. The highest BCUT2D eigenvalue weighted by molar-refractivity contribution is 9.10. The van der Waals surface area contributed by atoms with Crippen LogP contribution in [0.3, 0.4) is 0 Å². The van der Waals surface area contributed by atoms with Crippen LogP contribution in [0, 0.1) is 11.8 Å². The molecule has 2 saturated heterocycles. The Morgan fingerprint density at radius 3 is 2.29 bits per heavy atom. The van der Waals surface area contributed by atoms with Gasteiger partial charge in [-0.25, -0.2) is 4.79 Å². The van der Waals surface area contributed by atoms with Gasteiger partial charge in [0.15, 0.2) is 0 Å². The summed E-state index contributed by atoms with van der Waals surface area (Å²) in [6, 6.07) is 6.62. The number of carbonyl (C=O) groups excluding carboxylic acids is 1. The maximum atomic E-state index is 12.5. The van der Waals surface area contributed by atoms with E-state index in [-0.39, 0.29) is 12.0 Å². The molecule has 0 spiro atoms. The van der Waals surface area contributed by atoms with Crippen LogP contribution in [-0.2, 0) is 17.6 Å². The Bertz CT molecular complexity index is 1170. The Hall–Kier alpha value is -1.15. The molecule has 1 atom stereocenters. The molecule has 0 radical (unpaired) electrons. The number of benzene rings is 1. The van der Waals surface area contributed by atoms with Gasteiger partial charge in [0.1, 0.15) is 5.60 Å². The number of amides is 1. The van der Waals surface area contributed by atoms with Gasteiger partial charge in [-0.3, -0.25) is 4.98 Å². The quantitative estimate of drug-likeness (QED) is 0.335. The minimum atomic E-state index is -0.437. The highest BCUT2D eigenvalue weighted by atomic mass is 79.9. The van der Waals surface area contributed by atoms with E-state index in [1.165, 1.54) is 35.2 Å². The van der Waals surface area contributed by atoms with Gasteiger partial charge in [0, 0.05) is 40.7 Å².